The number of carbonyl (C=O) groups excluding carboxylic acids is 2. The molecule has 1 N–H and O–H groups in total. The smallest absolute Gasteiger partial charge is 0.257 e. The largest absolute Gasteiger partial charge is 0.472 e. The van der Waals surface area contributed by atoms with E-state index in [-0.39, 0.29) is 11.8 Å². The fourth-order valence-corrected chi connectivity index (χ4v) is 1.90. The molecule has 20 heavy (non-hydrogen) atoms. The van der Waals surface area contributed by atoms with Gasteiger partial charge in [-0.15, -0.1) is 0 Å². The van der Waals surface area contributed by atoms with E-state index in [1.54, 1.807) is 11.0 Å². The molecule has 0 saturated carbocycles. The number of nitrogens with zero attached hydrogens (tertiary/aromatic N) is 1. The molecule has 0 bridgehead atoms. The molecule has 1 rings (SSSR count). The van der Waals surface area contributed by atoms with Crippen molar-refractivity contribution in [2.24, 2.45) is 0 Å². The Labute approximate surface area is 120 Å². The van der Waals surface area contributed by atoms with Gasteiger partial charge in [-0.2, -0.15) is 0 Å². The maximum Gasteiger partial charge on any atom is 0.257 e. The molecule has 1 aromatic heterocycles. The van der Waals surface area contributed by atoms with Gasteiger partial charge in [0.25, 0.3) is 5.91 Å². The van der Waals surface area contributed by atoms with Crippen LogP contribution < -0.4 is 5.32 Å². The van der Waals surface area contributed by atoms with Gasteiger partial charge < -0.3 is 14.6 Å². The van der Waals surface area contributed by atoms with Gasteiger partial charge in [-0.3, -0.25) is 9.59 Å². The van der Waals surface area contributed by atoms with E-state index in [0.29, 0.717) is 31.6 Å². The van der Waals surface area contributed by atoms with Crippen LogP contribution in [0.25, 0.3) is 0 Å². The Morgan fingerprint density at radius 1 is 1.30 bits per heavy atom. The van der Waals surface area contributed by atoms with Crippen LogP contribution in [-0.4, -0.2) is 36.3 Å². The Hall–Kier alpha value is -1.78. The third-order valence-corrected chi connectivity index (χ3v) is 3.15. The van der Waals surface area contributed by atoms with Gasteiger partial charge in [0.05, 0.1) is 11.8 Å². The zero-order chi connectivity index (χ0) is 14.8. The van der Waals surface area contributed by atoms with E-state index in [4.69, 9.17) is 4.42 Å². The second-order valence-electron chi connectivity index (χ2n) is 4.70. The van der Waals surface area contributed by atoms with E-state index < -0.39 is 0 Å². The molecule has 0 aliphatic carbocycles. The van der Waals surface area contributed by atoms with Crippen molar-refractivity contribution in [3.8, 4) is 0 Å². The Balaban J connectivity index is 2.30. The third-order valence-electron chi connectivity index (χ3n) is 3.15. The van der Waals surface area contributed by atoms with E-state index >= 15 is 0 Å². The summed E-state index contributed by atoms with van der Waals surface area (Å²) in [6, 6.07) is 1.63. The number of nitrogens with one attached hydrogen (secondary N) is 1. The number of carbonyl (C=O) groups is 2. The van der Waals surface area contributed by atoms with Crippen LogP contribution in [0.1, 0.15) is 49.9 Å². The number of amides is 2. The van der Waals surface area contributed by atoms with Gasteiger partial charge in [0.15, 0.2) is 0 Å². The molecule has 0 fully saturated rings. The molecule has 0 spiro atoms. The first kappa shape index (κ1) is 16.3. The minimum absolute atomic E-state index is 0.000420. The first-order valence-electron chi connectivity index (χ1n) is 7.27. The zero-order valence-corrected chi connectivity index (χ0v) is 12.4. The standard InChI is InChI=1S/C15H24N2O3/c1-3-5-6-9-16-14(18)7-10-17(4-2)15(19)13-8-11-20-12-13/h8,11-12H,3-7,9-10H2,1-2H3,(H,16,18). The number of hydrogen-bond acceptors (Lipinski definition) is 3. The summed E-state index contributed by atoms with van der Waals surface area (Å²) in [4.78, 5) is 25.4. The van der Waals surface area contributed by atoms with Gasteiger partial charge in [0.2, 0.25) is 5.91 Å². The van der Waals surface area contributed by atoms with Crippen LogP contribution in [0.5, 0.6) is 0 Å². The highest BCUT2D eigenvalue weighted by Crippen LogP contribution is 2.06. The van der Waals surface area contributed by atoms with Gasteiger partial charge in [-0.1, -0.05) is 19.8 Å². The molecule has 2 amide bonds. The first-order valence-corrected chi connectivity index (χ1v) is 7.27. The highest BCUT2D eigenvalue weighted by atomic mass is 16.3. The molecule has 5 heteroatoms. The van der Waals surface area contributed by atoms with Crippen LogP contribution in [0.4, 0.5) is 0 Å². The molecule has 1 heterocycles. The average Bonchev–Trinajstić information content (AvgIpc) is 2.98. The fourth-order valence-electron chi connectivity index (χ4n) is 1.90. The predicted molar refractivity (Wildman–Crippen MR) is 77.4 cm³/mol. The summed E-state index contributed by atoms with van der Waals surface area (Å²) in [5, 5.41) is 2.88. The van der Waals surface area contributed by atoms with Crippen LogP contribution in [0.3, 0.4) is 0 Å². The molecule has 0 aliphatic rings. The topological polar surface area (TPSA) is 62.6 Å². The SMILES string of the molecule is CCCCCNC(=O)CCN(CC)C(=O)c1ccoc1. The molecule has 1 aromatic rings. The highest BCUT2D eigenvalue weighted by Gasteiger charge is 2.16. The second-order valence-corrected chi connectivity index (χ2v) is 4.70. The van der Waals surface area contributed by atoms with Crippen LogP contribution >= 0.6 is 0 Å². The summed E-state index contributed by atoms with van der Waals surface area (Å²) in [6.45, 7) is 5.75. The molecular formula is C15H24N2O3. The number of rotatable bonds is 9. The Kier molecular flexibility index (Phi) is 7.47. The summed E-state index contributed by atoms with van der Waals surface area (Å²) in [7, 11) is 0. The normalized spacial score (nSPS) is 10.3. The second kappa shape index (κ2) is 9.18. The lowest BCUT2D eigenvalue weighted by Crippen LogP contribution is -2.35. The van der Waals surface area contributed by atoms with E-state index in [2.05, 4.69) is 12.2 Å². The van der Waals surface area contributed by atoms with Crippen molar-refractivity contribution in [3.05, 3.63) is 24.2 Å². The van der Waals surface area contributed by atoms with Crippen molar-refractivity contribution in [2.75, 3.05) is 19.6 Å². The molecule has 0 radical (unpaired) electrons. The minimum atomic E-state index is -0.0972. The van der Waals surface area contributed by atoms with Crippen molar-refractivity contribution in [1.82, 2.24) is 10.2 Å². The summed E-state index contributed by atoms with van der Waals surface area (Å²) in [5.41, 5.74) is 0.523. The van der Waals surface area contributed by atoms with E-state index in [9.17, 15) is 9.59 Å². The van der Waals surface area contributed by atoms with Gasteiger partial charge in [0.1, 0.15) is 6.26 Å². The quantitative estimate of drug-likeness (QED) is 0.707. The van der Waals surface area contributed by atoms with Crippen molar-refractivity contribution < 1.29 is 14.0 Å². The van der Waals surface area contributed by atoms with Crippen LogP contribution in [0.15, 0.2) is 23.0 Å². The van der Waals surface area contributed by atoms with Crippen molar-refractivity contribution in [3.63, 3.8) is 0 Å². The maximum atomic E-state index is 12.1. The maximum absolute atomic E-state index is 12.1. The average molecular weight is 280 g/mol. The molecule has 0 aliphatic heterocycles. The number of furan rings is 1. The summed E-state index contributed by atoms with van der Waals surface area (Å²) >= 11 is 0. The summed E-state index contributed by atoms with van der Waals surface area (Å²) in [6.07, 6.45) is 6.51. The molecule has 0 unspecified atom stereocenters. The number of hydrogen-bond donors (Lipinski definition) is 1. The summed E-state index contributed by atoms with van der Waals surface area (Å²) in [5.74, 6) is -0.0976. The van der Waals surface area contributed by atoms with Gasteiger partial charge in [-0.05, 0) is 19.4 Å². The monoisotopic (exact) mass is 280 g/mol. The molecule has 0 saturated heterocycles. The van der Waals surface area contributed by atoms with E-state index in [1.165, 1.54) is 12.5 Å². The Bertz CT molecular complexity index is 401. The van der Waals surface area contributed by atoms with Crippen LogP contribution in [-0.2, 0) is 4.79 Å². The molecular weight excluding hydrogens is 256 g/mol. The molecule has 112 valence electrons. The van der Waals surface area contributed by atoms with Gasteiger partial charge >= 0.3 is 0 Å². The van der Waals surface area contributed by atoms with Crippen LogP contribution in [0.2, 0.25) is 0 Å². The predicted octanol–water partition coefficient (Wildman–Crippen LogP) is 2.44. The third kappa shape index (κ3) is 5.47. The lowest BCUT2D eigenvalue weighted by molar-refractivity contribution is -0.121. The lowest BCUT2D eigenvalue weighted by atomic mass is 10.2. The lowest BCUT2D eigenvalue weighted by Gasteiger charge is -2.19. The molecule has 5 nitrogen and oxygen atoms in total. The van der Waals surface area contributed by atoms with E-state index in [0.717, 1.165) is 19.3 Å². The zero-order valence-electron chi connectivity index (χ0n) is 12.4. The van der Waals surface area contributed by atoms with Crippen molar-refractivity contribution >= 4 is 11.8 Å². The summed E-state index contributed by atoms with van der Waals surface area (Å²) < 4.78 is 4.91. The molecule has 0 atom stereocenters. The van der Waals surface area contributed by atoms with Crippen molar-refractivity contribution in [2.45, 2.75) is 39.5 Å². The highest BCUT2D eigenvalue weighted by molar-refractivity contribution is 5.94. The first-order chi connectivity index (χ1) is 9.69. The Morgan fingerprint density at radius 3 is 2.70 bits per heavy atom. The Morgan fingerprint density at radius 2 is 2.10 bits per heavy atom. The van der Waals surface area contributed by atoms with E-state index in [1.807, 2.05) is 6.92 Å². The van der Waals surface area contributed by atoms with Crippen molar-refractivity contribution in [1.29, 1.82) is 0 Å². The minimum Gasteiger partial charge on any atom is -0.472 e. The van der Waals surface area contributed by atoms with Gasteiger partial charge in [-0.25, -0.2) is 0 Å². The van der Waals surface area contributed by atoms with Gasteiger partial charge in [0, 0.05) is 26.1 Å². The molecule has 0 aromatic carbocycles. The number of unbranched alkanes of at least 4 members (excludes halogenated alkanes) is 2. The fraction of sp³-hybridized carbons (Fsp3) is 0.600. The van der Waals surface area contributed by atoms with Crippen LogP contribution in [0, 0.1) is 0 Å².